The quantitative estimate of drug-likeness (QED) is 0.796. The van der Waals surface area contributed by atoms with E-state index in [1.807, 2.05) is 13.8 Å². The third-order valence-corrected chi connectivity index (χ3v) is 3.24. The van der Waals surface area contributed by atoms with E-state index in [1.165, 1.54) is 0 Å². The van der Waals surface area contributed by atoms with Crippen molar-refractivity contribution in [2.24, 2.45) is 0 Å². The summed E-state index contributed by atoms with van der Waals surface area (Å²) in [5, 5.41) is 13.8. The second-order valence-corrected chi connectivity index (χ2v) is 4.78. The van der Waals surface area contributed by atoms with Gasteiger partial charge in [-0.15, -0.1) is 0 Å². The van der Waals surface area contributed by atoms with Gasteiger partial charge in [-0.3, -0.25) is 4.79 Å². The second-order valence-electron chi connectivity index (χ2n) is 4.78. The molecule has 1 unspecified atom stereocenters. The van der Waals surface area contributed by atoms with Crippen LogP contribution in [0.25, 0.3) is 0 Å². The Morgan fingerprint density at radius 3 is 3.10 bits per heavy atom. The number of nitrogens with one attached hydrogen (secondary N) is 2. The predicted octanol–water partition coefficient (Wildman–Crippen LogP) is -0.282. The Kier molecular flexibility index (Phi) is 4.54. The van der Waals surface area contributed by atoms with Crippen molar-refractivity contribution >= 4 is 11.9 Å². The molecule has 8 heteroatoms. The van der Waals surface area contributed by atoms with Gasteiger partial charge in [0, 0.05) is 25.6 Å². The van der Waals surface area contributed by atoms with Crippen LogP contribution in [0.2, 0.25) is 0 Å². The Morgan fingerprint density at radius 1 is 1.60 bits per heavy atom. The molecular weight excluding hydrogens is 260 g/mol. The van der Waals surface area contributed by atoms with Gasteiger partial charge in [0.25, 0.3) is 0 Å². The fourth-order valence-electron chi connectivity index (χ4n) is 2.12. The van der Waals surface area contributed by atoms with Crippen LogP contribution in [0.3, 0.4) is 0 Å². The molecule has 0 bridgehead atoms. The van der Waals surface area contributed by atoms with E-state index in [0.717, 1.165) is 5.69 Å². The summed E-state index contributed by atoms with van der Waals surface area (Å²) in [5.41, 5.74) is 0.719. The van der Waals surface area contributed by atoms with Crippen molar-refractivity contribution in [3.8, 4) is 0 Å². The van der Waals surface area contributed by atoms with Gasteiger partial charge in [-0.25, -0.2) is 4.79 Å². The van der Waals surface area contributed by atoms with E-state index in [2.05, 4.69) is 20.8 Å². The maximum Gasteiger partial charge on any atom is 0.318 e. The minimum atomic E-state index is -0.181. The highest BCUT2D eigenvalue weighted by atomic mass is 16.2. The van der Waals surface area contributed by atoms with E-state index in [4.69, 9.17) is 0 Å². The molecule has 1 aromatic heterocycles. The fraction of sp³-hybridized carbons (Fsp3) is 0.667. The number of nitrogens with zero attached hydrogens (tertiary/aromatic N) is 4. The van der Waals surface area contributed by atoms with E-state index in [1.54, 1.807) is 15.9 Å². The van der Waals surface area contributed by atoms with Crippen molar-refractivity contribution in [2.45, 2.75) is 39.4 Å². The number of urea groups is 1. The molecule has 110 valence electrons. The first-order valence-corrected chi connectivity index (χ1v) is 6.80. The van der Waals surface area contributed by atoms with Crippen molar-refractivity contribution in [2.75, 3.05) is 13.1 Å². The van der Waals surface area contributed by atoms with Gasteiger partial charge in [-0.2, -0.15) is 15.0 Å². The van der Waals surface area contributed by atoms with E-state index in [-0.39, 0.29) is 18.0 Å². The van der Waals surface area contributed by atoms with Crippen LogP contribution in [-0.4, -0.2) is 51.0 Å². The second kappa shape index (κ2) is 6.36. The Hall–Kier alpha value is -2.12. The summed E-state index contributed by atoms with van der Waals surface area (Å²) < 4.78 is 0. The molecule has 1 saturated heterocycles. The van der Waals surface area contributed by atoms with Crippen molar-refractivity contribution in [1.29, 1.82) is 0 Å². The molecule has 2 N–H and O–H groups in total. The molecule has 0 aromatic carbocycles. The molecule has 1 aromatic rings. The Bertz CT molecular complexity index is 486. The molecule has 0 spiro atoms. The predicted molar refractivity (Wildman–Crippen MR) is 71.7 cm³/mol. The molecule has 1 fully saturated rings. The molecule has 1 aliphatic heterocycles. The molecule has 0 radical (unpaired) electrons. The minimum absolute atomic E-state index is 0.0151. The summed E-state index contributed by atoms with van der Waals surface area (Å²) >= 11 is 0. The lowest BCUT2D eigenvalue weighted by Crippen LogP contribution is -2.45. The molecule has 20 heavy (non-hydrogen) atoms. The van der Waals surface area contributed by atoms with Crippen LogP contribution in [-0.2, 0) is 17.9 Å². The summed E-state index contributed by atoms with van der Waals surface area (Å²) in [7, 11) is 0. The number of aryl methyl sites for hydroxylation is 1. The van der Waals surface area contributed by atoms with Crippen LogP contribution in [0.5, 0.6) is 0 Å². The maximum absolute atomic E-state index is 12.1. The molecule has 8 nitrogen and oxygen atoms in total. The number of amides is 3. The van der Waals surface area contributed by atoms with Gasteiger partial charge < -0.3 is 15.5 Å². The Balaban J connectivity index is 1.88. The minimum Gasteiger partial charge on any atom is -0.354 e. The average molecular weight is 280 g/mol. The van der Waals surface area contributed by atoms with Crippen molar-refractivity contribution < 1.29 is 9.59 Å². The van der Waals surface area contributed by atoms with Crippen LogP contribution in [0.4, 0.5) is 4.79 Å². The lowest BCUT2D eigenvalue weighted by molar-refractivity contribution is -0.121. The van der Waals surface area contributed by atoms with Gasteiger partial charge >= 0.3 is 6.03 Å². The summed E-state index contributed by atoms with van der Waals surface area (Å²) in [6.07, 6.45) is 1.97. The Morgan fingerprint density at radius 2 is 2.40 bits per heavy atom. The first kappa shape index (κ1) is 14.3. The van der Waals surface area contributed by atoms with Gasteiger partial charge in [0.1, 0.15) is 5.69 Å². The SMILES string of the molecule is CCn1ncc(CNC(=O)N2CCNC(=O)CC2C)n1. The third kappa shape index (κ3) is 3.46. The zero-order chi connectivity index (χ0) is 14.5. The van der Waals surface area contributed by atoms with E-state index < -0.39 is 0 Å². The first-order valence-electron chi connectivity index (χ1n) is 6.80. The zero-order valence-electron chi connectivity index (χ0n) is 11.8. The maximum atomic E-state index is 12.1. The average Bonchev–Trinajstić information content (AvgIpc) is 2.81. The van der Waals surface area contributed by atoms with Crippen LogP contribution >= 0.6 is 0 Å². The van der Waals surface area contributed by atoms with Gasteiger partial charge in [-0.1, -0.05) is 0 Å². The highest BCUT2D eigenvalue weighted by molar-refractivity contribution is 5.80. The van der Waals surface area contributed by atoms with Gasteiger partial charge in [0.05, 0.1) is 19.3 Å². The van der Waals surface area contributed by atoms with Crippen LogP contribution < -0.4 is 10.6 Å². The summed E-state index contributed by atoms with van der Waals surface area (Å²) in [4.78, 5) is 26.8. The van der Waals surface area contributed by atoms with Crippen molar-refractivity contribution in [3.05, 3.63) is 11.9 Å². The molecule has 0 aliphatic carbocycles. The highest BCUT2D eigenvalue weighted by Gasteiger charge is 2.24. The molecule has 1 aliphatic rings. The number of carbonyl (C=O) groups is 2. The molecule has 1 atom stereocenters. The number of rotatable bonds is 3. The number of carbonyl (C=O) groups excluding carboxylic acids is 2. The smallest absolute Gasteiger partial charge is 0.318 e. The van der Waals surface area contributed by atoms with Crippen LogP contribution in [0, 0.1) is 0 Å². The van der Waals surface area contributed by atoms with Crippen molar-refractivity contribution in [1.82, 2.24) is 30.5 Å². The van der Waals surface area contributed by atoms with Crippen LogP contribution in [0.1, 0.15) is 26.0 Å². The lowest BCUT2D eigenvalue weighted by Gasteiger charge is -2.26. The highest BCUT2D eigenvalue weighted by Crippen LogP contribution is 2.07. The lowest BCUT2D eigenvalue weighted by atomic mass is 10.2. The van der Waals surface area contributed by atoms with E-state index in [9.17, 15) is 9.59 Å². The Labute approximate surface area is 117 Å². The summed E-state index contributed by atoms with van der Waals surface area (Å²) in [5.74, 6) is -0.0151. The largest absolute Gasteiger partial charge is 0.354 e. The molecule has 3 amide bonds. The van der Waals surface area contributed by atoms with Crippen LogP contribution in [0.15, 0.2) is 6.20 Å². The topological polar surface area (TPSA) is 92.2 Å². The monoisotopic (exact) mass is 280 g/mol. The number of aromatic nitrogens is 3. The standard InChI is InChI=1S/C12H20N6O2/c1-3-18-15-8-10(16-18)7-14-12(20)17-5-4-13-11(19)6-9(17)2/h8-9H,3-7H2,1-2H3,(H,13,19)(H,14,20). The van der Waals surface area contributed by atoms with E-state index in [0.29, 0.717) is 32.6 Å². The molecular formula is C12H20N6O2. The molecule has 0 saturated carbocycles. The number of hydrogen-bond donors (Lipinski definition) is 2. The van der Waals surface area contributed by atoms with Gasteiger partial charge in [0.15, 0.2) is 0 Å². The zero-order valence-corrected chi connectivity index (χ0v) is 11.8. The third-order valence-electron chi connectivity index (χ3n) is 3.24. The molecule has 2 heterocycles. The first-order chi connectivity index (χ1) is 9.60. The molecule has 2 rings (SSSR count). The summed E-state index contributed by atoms with van der Waals surface area (Å²) in [6.45, 7) is 5.86. The van der Waals surface area contributed by atoms with Gasteiger partial charge in [0.2, 0.25) is 5.91 Å². The fourth-order valence-corrected chi connectivity index (χ4v) is 2.12. The van der Waals surface area contributed by atoms with E-state index >= 15 is 0 Å². The van der Waals surface area contributed by atoms with Crippen molar-refractivity contribution in [3.63, 3.8) is 0 Å². The summed E-state index contributed by atoms with van der Waals surface area (Å²) in [6, 6.07) is -0.288. The number of hydrogen-bond acceptors (Lipinski definition) is 4. The van der Waals surface area contributed by atoms with Gasteiger partial charge in [-0.05, 0) is 13.8 Å². The normalized spacial score (nSPS) is 19.4.